The van der Waals surface area contributed by atoms with Crippen LogP contribution in [0, 0.1) is 0 Å². The van der Waals surface area contributed by atoms with Crippen LogP contribution in [0.15, 0.2) is 122 Å². The lowest BCUT2D eigenvalue weighted by Crippen LogP contribution is -2.30. The van der Waals surface area contributed by atoms with Gasteiger partial charge in [0.25, 0.3) is 0 Å². The van der Waals surface area contributed by atoms with E-state index >= 15 is 0 Å². The first-order valence-corrected chi connectivity index (χ1v) is 31.0. The number of carbonyl (C=O) groups is 3. The van der Waals surface area contributed by atoms with Crippen molar-refractivity contribution in [3.63, 3.8) is 0 Å². The maximum absolute atomic E-state index is 12.9. The van der Waals surface area contributed by atoms with Crippen LogP contribution in [0.1, 0.15) is 278 Å². The first-order valence-electron chi connectivity index (χ1n) is 31.0. The summed E-state index contributed by atoms with van der Waals surface area (Å²) in [6, 6.07) is 0. The molecule has 6 nitrogen and oxygen atoms in total. The minimum absolute atomic E-state index is 0.0910. The molecule has 0 bridgehead atoms. The van der Waals surface area contributed by atoms with Crippen LogP contribution in [-0.4, -0.2) is 37.2 Å². The number of allylic oxidation sites excluding steroid dienone is 20. The number of carbonyl (C=O) groups excluding carboxylic acids is 3. The van der Waals surface area contributed by atoms with E-state index in [9.17, 15) is 14.4 Å². The third kappa shape index (κ3) is 60.6. The fraction of sp³-hybridized carbons (Fsp3) is 0.667. The summed E-state index contributed by atoms with van der Waals surface area (Å²) in [6.45, 7) is 6.43. The van der Waals surface area contributed by atoms with Gasteiger partial charge in [0.2, 0.25) is 0 Å². The Bertz CT molecular complexity index is 1570. The largest absolute Gasteiger partial charge is 0.462 e. The zero-order chi connectivity index (χ0) is 54.3. The molecular weight excluding hydrogens is 925 g/mol. The van der Waals surface area contributed by atoms with Gasteiger partial charge in [-0.05, 0) is 128 Å². The van der Waals surface area contributed by atoms with E-state index in [1.54, 1.807) is 0 Å². The van der Waals surface area contributed by atoms with Crippen LogP contribution >= 0.6 is 0 Å². The molecule has 0 saturated carbocycles. The van der Waals surface area contributed by atoms with Gasteiger partial charge in [-0.25, -0.2) is 0 Å². The molecule has 6 heteroatoms. The monoisotopic (exact) mass is 1040 g/mol. The molecule has 0 aliphatic heterocycles. The van der Waals surface area contributed by atoms with Crippen molar-refractivity contribution in [1.82, 2.24) is 0 Å². The molecule has 0 aliphatic carbocycles. The molecule has 1 unspecified atom stereocenters. The van der Waals surface area contributed by atoms with Gasteiger partial charge in [-0.15, -0.1) is 0 Å². The lowest BCUT2D eigenvalue weighted by Gasteiger charge is -2.18. The van der Waals surface area contributed by atoms with E-state index in [1.165, 1.54) is 96.3 Å². The Balaban J connectivity index is 4.30. The van der Waals surface area contributed by atoms with Gasteiger partial charge in [0.05, 0.1) is 0 Å². The minimum atomic E-state index is -0.793. The topological polar surface area (TPSA) is 78.9 Å². The van der Waals surface area contributed by atoms with E-state index in [4.69, 9.17) is 14.2 Å². The van der Waals surface area contributed by atoms with Crippen LogP contribution in [0.5, 0.6) is 0 Å². The Morgan fingerprint density at radius 3 is 0.880 bits per heavy atom. The Morgan fingerprint density at radius 1 is 0.280 bits per heavy atom. The molecular formula is C69H114O6. The van der Waals surface area contributed by atoms with E-state index in [-0.39, 0.29) is 31.1 Å². The molecule has 75 heavy (non-hydrogen) atoms. The molecule has 0 aromatic rings. The Morgan fingerprint density at radius 2 is 0.547 bits per heavy atom. The summed E-state index contributed by atoms with van der Waals surface area (Å²) in [5.41, 5.74) is 0. The average molecular weight is 1040 g/mol. The molecule has 0 saturated heterocycles. The van der Waals surface area contributed by atoms with Crippen LogP contribution in [0.4, 0.5) is 0 Å². The van der Waals surface area contributed by atoms with Crippen LogP contribution in [0.25, 0.3) is 0 Å². The molecule has 0 spiro atoms. The molecule has 426 valence electrons. The molecule has 0 aromatic carbocycles. The van der Waals surface area contributed by atoms with Crippen molar-refractivity contribution in [1.29, 1.82) is 0 Å². The number of hydrogen-bond donors (Lipinski definition) is 0. The van der Waals surface area contributed by atoms with E-state index < -0.39 is 6.10 Å². The van der Waals surface area contributed by atoms with Gasteiger partial charge in [-0.2, -0.15) is 0 Å². The summed E-state index contributed by atoms with van der Waals surface area (Å²) in [5.74, 6) is -0.919. The van der Waals surface area contributed by atoms with Gasteiger partial charge in [0, 0.05) is 19.3 Å². The smallest absolute Gasteiger partial charge is 0.306 e. The second kappa shape index (κ2) is 62.4. The van der Waals surface area contributed by atoms with Crippen LogP contribution in [0.2, 0.25) is 0 Å². The van der Waals surface area contributed by atoms with Gasteiger partial charge in [-0.3, -0.25) is 14.4 Å². The van der Waals surface area contributed by atoms with Crippen LogP contribution < -0.4 is 0 Å². The number of rotatable bonds is 55. The predicted octanol–water partition coefficient (Wildman–Crippen LogP) is 21.2. The number of unbranched alkanes of at least 4 members (excludes halogenated alkanes) is 24. The normalized spacial score (nSPS) is 12.9. The minimum Gasteiger partial charge on any atom is -0.462 e. The van der Waals surface area contributed by atoms with Gasteiger partial charge in [0.1, 0.15) is 13.2 Å². The molecule has 0 aliphatic rings. The van der Waals surface area contributed by atoms with E-state index in [2.05, 4.69) is 142 Å². The molecule has 0 fully saturated rings. The molecule has 0 aromatic heterocycles. The standard InChI is InChI=1S/C69H114O6/c1-4-7-10-13-16-19-22-24-26-28-30-31-32-33-34-35-36-37-38-39-40-42-43-45-47-50-53-56-59-62-68(71)74-65-66(64-73-67(70)61-58-55-52-49-21-18-15-12-9-6-3)75-69(72)63-60-57-54-51-48-46-44-41-29-27-25-23-20-17-14-11-8-5-2/h7,10,12,15-16,19-20,23-24,26-27,29-31,33-34,36-37,39-40,66H,4-6,8-9,11,13-14,17-18,21-22,25,28,32,35,38,41-65H2,1-3H3/b10-7-,15-12-,19-16-,23-20-,26-24-,29-27-,31-30-,34-33-,37-36-,40-39-. The van der Waals surface area contributed by atoms with Gasteiger partial charge < -0.3 is 14.2 Å². The fourth-order valence-electron chi connectivity index (χ4n) is 8.28. The summed E-state index contributed by atoms with van der Waals surface area (Å²) in [7, 11) is 0. The third-order valence-electron chi connectivity index (χ3n) is 12.9. The number of ether oxygens (including phenoxy) is 3. The highest BCUT2D eigenvalue weighted by atomic mass is 16.6. The van der Waals surface area contributed by atoms with Crippen molar-refractivity contribution in [2.75, 3.05) is 13.2 Å². The van der Waals surface area contributed by atoms with Crippen molar-refractivity contribution < 1.29 is 28.6 Å². The summed E-state index contributed by atoms with van der Waals surface area (Å²) >= 11 is 0. The number of esters is 3. The molecule has 0 amide bonds. The maximum Gasteiger partial charge on any atom is 0.306 e. The van der Waals surface area contributed by atoms with E-state index in [0.717, 1.165) is 141 Å². The highest BCUT2D eigenvalue weighted by Gasteiger charge is 2.19. The maximum atomic E-state index is 12.9. The van der Waals surface area contributed by atoms with Crippen molar-refractivity contribution in [3.05, 3.63) is 122 Å². The van der Waals surface area contributed by atoms with Gasteiger partial charge >= 0.3 is 17.9 Å². The highest BCUT2D eigenvalue weighted by molar-refractivity contribution is 5.71. The molecule has 0 N–H and O–H groups in total. The van der Waals surface area contributed by atoms with Crippen molar-refractivity contribution in [2.24, 2.45) is 0 Å². The Kier molecular flexibility index (Phi) is 58.9. The molecule has 0 rings (SSSR count). The lowest BCUT2D eigenvalue weighted by molar-refractivity contribution is -0.167. The van der Waals surface area contributed by atoms with Crippen molar-refractivity contribution in [3.8, 4) is 0 Å². The molecule has 0 radical (unpaired) electrons. The van der Waals surface area contributed by atoms with Crippen LogP contribution in [0.3, 0.4) is 0 Å². The first-order chi connectivity index (χ1) is 37.0. The third-order valence-corrected chi connectivity index (χ3v) is 12.9. The predicted molar refractivity (Wildman–Crippen MR) is 325 cm³/mol. The van der Waals surface area contributed by atoms with Gasteiger partial charge in [-0.1, -0.05) is 251 Å². The van der Waals surface area contributed by atoms with E-state index in [1.807, 2.05) is 0 Å². The quantitative estimate of drug-likeness (QED) is 0.0261. The highest BCUT2D eigenvalue weighted by Crippen LogP contribution is 2.15. The van der Waals surface area contributed by atoms with Crippen LogP contribution in [-0.2, 0) is 28.6 Å². The number of hydrogen-bond acceptors (Lipinski definition) is 6. The second-order valence-electron chi connectivity index (χ2n) is 20.2. The van der Waals surface area contributed by atoms with Crippen molar-refractivity contribution in [2.45, 2.75) is 284 Å². The molecule has 1 atom stereocenters. The zero-order valence-corrected chi connectivity index (χ0v) is 48.8. The Labute approximate surface area is 462 Å². The van der Waals surface area contributed by atoms with Crippen molar-refractivity contribution >= 4 is 17.9 Å². The summed E-state index contributed by atoms with van der Waals surface area (Å²) in [6.07, 6.45) is 86.3. The second-order valence-corrected chi connectivity index (χ2v) is 20.2. The summed E-state index contributed by atoms with van der Waals surface area (Å²) in [4.78, 5) is 38.2. The lowest BCUT2D eigenvalue weighted by atomic mass is 10.1. The summed E-state index contributed by atoms with van der Waals surface area (Å²) in [5, 5.41) is 0. The SMILES string of the molecule is CC/C=C\C/C=C\C/C=C\C/C=C\C/C=C\C/C=C\C/C=C\CCCCCCCCCC(=O)OCC(COC(=O)CCCCCCC/C=C\CCC)OC(=O)CCCCCCCCC/C=C\C/C=C\CCCCCC. The fourth-order valence-corrected chi connectivity index (χ4v) is 8.28. The Hall–Kier alpha value is -4.19. The van der Waals surface area contributed by atoms with E-state index in [0.29, 0.717) is 19.3 Å². The first kappa shape index (κ1) is 70.8. The average Bonchev–Trinajstić information content (AvgIpc) is 3.41. The summed E-state index contributed by atoms with van der Waals surface area (Å²) < 4.78 is 16.8. The van der Waals surface area contributed by atoms with Gasteiger partial charge in [0.15, 0.2) is 6.10 Å². The zero-order valence-electron chi connectivity index (χ0n) is 48.8. The molecule has 0 heterocycles.